The summed E-state index contributed by atoms with van der Waals surface area (Å²) in [5, 5.41) is 0. The second-order valence-electron chi connectivity index (χ2n) is 4.54. The van der Waals surface area contributed by atoms with Gasteiger partial charge < -0.3 is 9.64 Å². The zero-order chi connectivity index (χ0) is 14.4. The Morgan fingerprint density at radius 2 is 1.70 bits per heavy atom. The van der Waals surface area contributed by atoms with Crippen LogP contribution in [0.15, 0.2) is 54.6 Å². The van der Waals surface area contributed by atoms with E-state index in [1.807, 2.05) is 61.5 Å². The first kappa shape index (κ1) is 14.1. The average molecular weight is 269 g/mol. The monoisotopic (exact) mass is 269 g/mol. The maximum Gasteiger partial charge on any atom is 0.231 e. The molecule has 104 valence electrons. The molecule has 0 aliphatic heterocycles. The number of ether oxygens (including phenoxy) is 1. The largest absolute Gasteiger partial charge is 0.494 e. The van der Waals surface area contributed by atoms with Crippen molar-refractivity contribution in [2.24, 2.45) is 0 Å². The van der Waals surface area contributed by atoms with Gasteiger partial charge in [-0.25, -0.2) is 0 Å². The molecule has 0 aromatic heterocycles. The van der Waals surface area contributed by atoms with Gasteiger partial charge in [-0.05, 0) is 36.8 Å². The molecule has 0 N–H and O–H groups in total. The highest BCUT2D eigenvalue weighted by Gasteiger charge is 2.11. The van der Waals surface area contributed by atoms with Crippen molar-refractivity contribution in [3.05, 3.63) is 60.2 Å². The first-order chi connectivity index (χ1) is 9.70. The predicted octanol–water partition coefficient (Wildman–Crippen LogP) is 3.29. The summed E-state index contributed by atoms with van der Waals surface area (Å²) < 4.78 is 5.39. The fraction of sp³-hybridized carbons (Fsp3) is 0.235. The molecular formula is C17H19NO2. The van der Waals surface area contributed by atoms with Crippen LogP contribution >= 0.6 is 0 Å². The number of rotatable bonds is 5. The van der Waals surface area contributed by atoms with Gasteiger partial charge in [0.25, 0.3) is 0 Å². The predicted molar refractivity (Wildman–Crippen MR) is 81.2 cm³/mol. The van der Waals surface area contributed by atoms with Crippen LogP contribution in [0.25, 0.3) is 0 Å². The lowest BCUT2D eigenvalue weighted by Crippen LogP contribution is -2.27. The number of nitrogens with zero attached hydrogens (tertiary/aromatic N) is 1. The summed E-state index contributed by atoms with van der Waals surface area (Å²) in [4.78, 5) is 13.9. The van der Waals surface area contributed by atoms with Crippen LogP contribution in [-0.2, 0) is 11.2 Å². The molecule has 0 bridgehead atoms. The lowest BCUT2D eigenvalue weighted by Gasteiger charge is -2.17. The van der Waals surface area contributed by atoms with E-state index in [2.05, 4.69) is 0 Å². The van der Waals surface area contributed by atoms with E-state index in [1.165, 1.54) is 0 Å². The number of carbonyl (C=O) groups is 1. The van der Waals surface area contributed by atoms with E-state index < -0.39 is 0 Å². The maximum atomic E-state index is 12.2. The Morgan fingerprint density at radius 3 is 2.30 bits per heavy atom. The van der Waals surface area contributed by atoms with Gasteiger partial charge in [-0.2, -0.15) is 0 Å². The SMILES string of the molecule is CCOc1ccc(CC(=O)N(C)c2ccccc2)cc1. The topological polar surface area (TPSA) is 29.5 Å². The maximum absolute atomic E-state index is 12.2. The smallest absolute Gasteiger partial charge is 0.231 e. The third-order valence-corrected chi connectivity index (χ3v) is 3.11. The van der Waals surface area contributed by atoms with Crippen molar-refractivity contribution in [1.29, 1.82) is 0 Å². The summed E-state index contributed by atoms with van der Waals surface area (Å²) >= 11 is 0. The van der Waals surface area contributed by atoms with Gasteiger partial charge in [0, 0.05) is 12.7 Å². The molecule has 0 heterocycles. The fourth-order valence-corrected chi connectivity index (χ4v) is 1.96. The Hall–Kier alpha value is -2.29. The van der Waals surface area contributed by atoms with Crippen LogP contribution in [0.2, 0.25) is 0 Å². The molecule has 0 aliphatic rings. The van der Waals surface area contributed by atoms with E-state index in [1.54, 1.807) is 11.9 Å². The second kappa shape index (κ2) is 6.75. The van der Waals surface area contributed by atoms with Crippen LogP contribution < -0.4 is 9.64 Å². The Morgan fingerprint density at radius 1 is 1.05 bits per heavy atom. The van der Waals surface area contributed by atoms with Crippen LogP contribution in [0.1, 0.15) is 12.5 Å². The molecule has 0 unspecified atom stereocenters. The summed E-state index contributed by atoms with van der Waals surface area (Å²) in [5.41, 5.74) is 1.89. The fourth-order valence-electron chi connectivity index (χ4n) is 1.96. The van der Waals surface area contributed by atoms with Crippen LogP contribution in [-0.4, -0.2) is 19.6 Å². The number of anilines is 1. The van der Waals surface area contributed by atoms with Crippen LogP contribution in [0, 0.1) is 0 Å². The van der Waals surface area contributed by atoms with Crippen molar-refractivity contribution in [3.63, 3.8) is 0 Å². The Balaban J connectivity index is 2.00. The quantitative estimate of drug-likeness (QED) is 0.833. The number of para-hydroxylation sites is 1. The molecule has 0 atom stereocenters. The van der Waals surface area contributed by atoms with Crippen molar-refractivity contribution in [3.8, 4) is 5.75 Å². The zero-order valence-electron chi connectivity index (χ0n) is 11.9. The lowest BCUT2D eigenvalue weighted by molar-refractivity contribution is -0.117. The first-order valence-electron chi connectivity index (χ1n) is 6.74. The number of hydrogen-bond acceptors (Lipinski definition) is 2. The van der Waals surface area contributed by atoms with Crippen molar-refractivity contribution in [1.82, 2.24) is 0 Å². The summed E-state index contributed by atoms with van der Waals surface area (Å²) in [6, 6.07) is 17.3. The number of likely N-dealkylation sites (N-methyl/N-ethyl adjacent to an activating group) is 1. The lowest BCUT2D eigenvalue weighted by atomic mass is 10.1. The molecule has 2 aromatic carbocycles. The summed E-state index contributed by atoms with van der Waals surface area (Å²) in [6.45, 7) is 2.60. The highest BCUT2D eigenvalue weighted by Crippen LogP contribution is 2.15. The summed E-state index contributed by atoms with van der Waals surface area (Å²) in [5.74, 6) is 0.903. The molecule has 3 nitrogen and oxygen atoms in total. The van der Waals surface area contributed by atoms with Crippen molar-refractivity contribution < 1.29 is 9.53 Å². The van der Waals surface area contributed by atoms with Gasteiger partial charge in [-0.15, -0.1) is 0 Å². The van der Waals surface area contributed by atoms with Gasteiger partial charge in [0.2, 0.25) is 5.91 Å². The van der Waals surface area contributed by atoms with Gasteiger partial charge in [0.1, 0.15) is 5.75 Å². The Kier molecular flexibility index (Phi) is 4.77. The minimum atomic E-state index is 0.0698. The van der Waals surface area contributed by atoms with E-state index in [9.17, 15) is 4.79 Å². The Labute approximate surface area is 119 Å². The molecule has 0 saturated carbocycles. The van der Waals surface area contributed by atoms with Gasteiger partial charge >= 0.3 is 0 Å². The van der Waals surface area contributed by atoms with Crippen LogP contribution in [0.4, 0.5) is 5.69 Å². The highest BCUT2D eigenvalue weighted by molar-refractivity contribution is 5.94. The molecule has 20 heavy (non-hydrogen) atoms. The van der Waals surface area contributed by atoms with E-state index in [-0.39, 0.29) is 5.91 Å². The molecule has 1 amide bonds. The normalized spacial score (nSPS) is 10.1. The third-order valence-electron chi connectivity index (χ3n) is 3.11. The van der Waals surface area contributed by atoms with E-state index in [0.717, 1.165) is 17.0 Å². The van der Waals surface area contributed by atoms with E-state index >= 15 is 0 Å². The van der Waals surface area contributed by atoms with E-state index in [4.69, 9.17) is 4.74 Å². The number of benzene rings is 2. The zero-order valence-corrected chi connectivity index (χ0v) is 11.9. The third kappa shape index (κ3) is 3.60. The number of carbonyl (C=O) groups excluding carboxylic acids is 1. The Bertz CT molecular complexity index is 549. The van der Waals surface area contributed by atoms with Crippen molar-refractivity contribution in [2.45, 2.75) is 13.3 Å². The van der Waals surface area contributed by atoms with Gasteiger partial charge in [0.05, 0.1) is 13.0 Å². The van der Waals surface area contributed by atoms with Gasteiger partial charge in [0.15, 0.2) is 0 Å². The standard InChI is InChI=1S/C17H19NO2/c1-3-20-16-11-9-14(10-12-16)13-17(19)18(2)15-7-5-4-6-8-15/h4-12H,3,13H2,1-2H3. The van der Waals surface area contributed by atoms with Gasteiger partial charge in [-0.1, -0.05) is 30.3 Å². The molecule has 0 spiro atoms. The average Bonchev–Trinajstić information content (AvgIpc) is 2.49. The highest BCUT2D eigenvalue weighted by atomic mass is 16.5. The van der Waals surface area contributed by atoms with Crippen molar-refractivity contribution >= 4 is 11.6 Å². The second-order valence-corrected chi connectivity index (χ2v) is 4.54. The molecule has 0 fully saturated rings. The molecule has 3 heteroatoms. The molecule has 0 radical (unpaired) electrons. The van der Waals surface area contributed by atoms with Crippen molar-refractivity contribution in [2.75, 3.05) is 18.6 Å². The summed E-state index contributed by atoms with van der Waals surface area (Å²) in [6.07, 6.45) is 0.387. The summed E-state index contributed by atoms with van der Waals surface area (Å²) in [7, 11) is 1.80. The van der Waals surface area contributed by atoms with Crippen LogP contribution in [0.3, 0.4) is 0 Å². The minimum Gasteiger partial charge on any atom is -0.494 e. The van der Waals surface area contributed by atoms with E-state index in [0.29, 0.717) is 13.0 Å². The molecule has 2 aromatic rings. The minimum absolute atomic E-state index is 0.0698. The molecular weight excluding hydrogens is 250 g/mol. The number of hydrogen-bond donors (Lipinski definition) is 0. The molecule has 0 aliphatic carbocycles. The first-order valence-corrected chi connectivity index (χ1v) is 6.74. The molecule has 0 saturated heterocycles. The number of amides is 1. The van der Waals surface area contributed by atoms with Gasteiger partial charge in [-0.3, -0.25) is 4.79 Å². The van der Waals surface area contributed by atoms with Crippen LogP contribution in [0.5, 0.6) is 5.75 Å². The molecule has 2 rings (SSSR count).